The first-order chi connectivity index (χ1) is 11.1. The molecule has 1 aromatic carbocycles. The number of nitrogens with one attached hydrogen (secondary N) is 2. The lowest BCUT2D eigenvalue weighted by Gasteiger charge is -2.33. The highest BCUT2D eigenvalue weighted by Gasteiger charge is 2.34. The van der Waals surface area contributed by atoms with Crippen LogP contribution in [0.5, 0.6) is 0 Å². The Hall–Kier alpha value is -2.63. The number of amides is 1. The van der Waals surface area contributed by atoms with E-state index in [9.17, 15) is 9.59 Å². The summed E-state index contributed by atoms with van der Waals surface area (Å²) in [5, 5.41) is 3.01. The quantitative estimate of drug-likeness (QED) is 0.910. The van der Waals surface area contributed by atoms with Crippen molar-refractivity contribution < 1.29 is 4.79 Å². The topological polar surface area (TPSA) is 78.1 Å². The summed E-state index contributed by atoms with van der Waals surface area (Å²) in [6, 6.07) is 8.79. The van der Waals surface area contributed by atoms with Gasteiger partial charge < -0.3 is 15.2 Å². The Morgan fingerprint density at radius 2 is 2.13 bits per heavy atom. The predicted octanol–water partition coefficient (Wildman–Crippen LogP) is 2.14. The van der Waals surface area contributed by atoms with E-state index in [4.69, 9.17) is 0 Å². The van der Waals surface area contributed by atoms with Crippen LogP contribution in [0, 0.1) is 5.92 Å². The molecule has 0 saturated heterocycles. The second kappa shape index (κ2) is 6.24. The molecule has 1 amide bonds. The lowest BCUT2D eigenvalue weighted by Crippen LogP contribution is -2.46. The Balaban J connectivity index is 2.10. The largest absolute Gasteiger partial charge is 0.340 e. The maximum absolute atomic E-state index is 12.8. The summed E-state index contributed by atoms with van der Waals surface area (Å²) in [6.45, 7) is 4.63. The minimum atomic E-state index is -0.373. The van der Waals surface area contributed by atoms with Crippen molar-refractivity contribution in [3.05, 3.63) is 52.6 Å². The fraction of sp³-hybridized carbons (Fsp3) is 0.353. The van der Waals surface area contributed by atoms with Gasteiger partial charge in [0, 0.05) is 18.3 Å². The molecule has 2 atom stereocenters. The molecule has 0 unspecified atom stereocenters. The number of carbonyl (C=O) groups excluding carboxylic acids is 1. The third kappa shape index (κ3) is 2.97. The van der Waals surface area contributed by atoms with Gasteiger partial charge in [-0.15, -0.1) is 0 Å². The van der Waals surface area contributed by atoms with E-state index in [2.05, 4.69) is 22.2 Å². The molecule has 23 heavy (non-hydrogen) atoms. The SMILES string of the molecule is CC[C@H](C)[C@H]1C(=O)Nc2ccccc2CN1c1cc(=O)[nH]cn1. The smallest absolute Gasteiger partial charge is 0.252 e. The number of hydrogen-bond donors (Lipinski definition) is 2. The average Bonchev–Trinajstić information content (AvgIpc) is 2.70. The van der Waals surface area contributed by atoms with Crippen molar-refractivity contribution >= 4 is 17.4 Å². The molecule has 6 nitrogen and oxygen atoms in total. The predicted molar refractivity (Wildman–Crippen MR) is 89.4 cm³/mol. The first-order valence-corrected chi connectivity index (χ1v) is 7.80. The highest BCUT2D eigenvalue weighted by atomic mass is 16.2. The molecule has 0 saturated carbocycles. The van der Waals surface area contributed by atoms with Gasteiger partial charge in [-0.25, -0.2) is 4.98 Å². The molecule has 120 valence electrons. The molecule has 1 aromatic heterocycles. The van der Waals surface area contributed by atoms with Crippen LogP contribution in [0.25, 0.3) is 0 Å². The first-order valence-electron chi connectivity index (χ1n) is 7.80. The molecule has 0 aliphatic carbocycles. The van der Waals surface area contributed by atoms with Crippen LogP contribution in [-0.4, -0.2) is 21.9 Å². The summed E-state index contributed by atoms with van der Waals surface area (Å²) in [5.74, 6) is 0.586. The normalized spacial score (nSPS) is 18.8. The van der Waals surface area contributed by atoms with Crippen LogP contribution in [0.2, 0.25) is 0 Å². The standard InChI is InChI=1S/C17H20N4O2/c1-3-11(2)16-17(23)20-13-7-5-4-6-12(13)9-21(16)14-8-15(22)19-10-18-14/h4-8,10-11,16H,3,9H2,1-2H3,(H,20,23)(H,18,19,22)/t11-,16-/m0/s1. The number of aromatic nitrogens is 2. The molecule has 0 radical (unpaired) electrons. The minimum absolute atomic E-state index is 0.0635. The van der Waals surface area contributed by atoms with Gasteiger partial charge in [-0.2, -0.15) is 0 Å². The van der Waals surface area contributed by atoms with Gasteiger partial charge in [0.15, 0.2) is 0 Å². The minimum Gasteiger partial charge on any atom is -0.340 e. The number of rotatable bonds is 3. The van der Waals surface area contributed by atoms with Crippen molar-refractivity contribution in [2.24, 2.45) is 5.92 Å². The van der Waals surface area contributed by atoms with E-state index in [1.165, 1.54) is 12.4 Å². The number of fused-ring (bicyclic) bond motifs is 1. The van der Waals surface area contributed by atoms with Crippen LogP contribution in [0.1, 0.15) is 25.8 Å². The third-order valence-corrected chi connectivity index (χ3v) is 4.36. The van der Waals surface area contributed by atoms with Crippen molar-refractivity contribution in [1.29, 1.82) is 0 Å². The van der Waals surface area contributed by atoms with E-state index in [1.54, 1.807) is 0 Å². The molecule has 2 heterocycles. The van der Waals surface area contributed by atoms with Crippen LogP contribution in [0.15, 0.2) is 41.5 Å². The maximum Gasteiger partial charge on any atom is 0.252 e. The zero-order valence-electron chi connectivity index (χ0n) is 13.2. The Labute approximate surface area is 134 Å². The molecule has 1 aliphatic rings. The lowest BCUT2D eigenvalue weighted by atomic mass is 9.96. The Bertz CT molecular complexity index is 771. The number of H-pyrrole nitrogens is 1. The zero-order valence-corrected chi connectivity index (χ0v) is 13.2. The average molecular weight is 312 g/mol. The number of anilines is 2. The number of carbonyl (C=O) groups is 1. The molecule has 6 heteroatoms. The highest BCUT2D eigenvalue weighted by Crippen LogP contribution is 2.29. The molecule has 3 rings (SSSR count). The van der Waals surface area contributed by atoms with E-state index < -0.39 is 0 Å². The molecule has 2 aromatic rings. The van der Waals surface area contributed by atoms with E-state index >= 15 is 0 Å². The number of para-hydroxylation sites is 1. The van der Waals surface area contributed by atoms with Gasteiger partial charge in [0.05, 0.1) is 6.33 Å². The zero-order chi connectivity index (χ0) is 16.4. The molecule has 0 fully saturated rings. The van der Waals surface area contributed by atoms with Crippen molar-refractivity contribution in [1.82, 2.24) is 9.97 Å². The van der Waals surface area contributed by atoms with Gasteiger partial charge in [0.25, 0.3) is 5.56 Å². The Morgan fingerprint density at radius 3 is 2.87 bits per heavy atom. The summed E-state index contributed by atoms with van der Waals surface area (Å²) >= 11 is 0. The van der Waals surface area contributed by atoms with E-state index in [-0.39, 0.29) is 23.4 Å². The van der Waals surface area contributed by atoms with Gasteiger partial charge in [0.1, 0.15) is 11.9 Å². The van der Waals surface area contributed by atoms with E-state index in [0.717, 1.165) is 17.7 Å². The summed E-state index contributed by atoms with van der Waals surface area (Å²) in [6.07, 6.45) is 2.23. The maximum atomic E-state index is 12.8. The number of nitrogens with zero attached hydrogens (tertiary/aromatic N) is 2. The molecule has 1 aliphatic heterocycles. The molecule has 0 spiro atoms. The Morgan fingerprint density at radius 1 is 1.35 bits per heavy atom. The van der Waals surface area contributed by atoms with Crippen molar-refractivity contribution in [3.63, 3.8) is 0 Å². The first kappa shape index (κ1) is 15.3. The second-order valence-corrected chi connectivity index (χ2v) is 5.87. The summed E-state index contributed by atoms with van der Waals surface area (Å²) < 4.78 is 0. The van der Waals surface area contributed by atoms with Crippen LogP contribution >= 0.6 is 0 Å². The monoisotopic (exact) mass is 312 g/mol. The van der Waals surface area contributed by atoms with E-state index in [0.29, 0.717) is 12.4 Å². The molecular weight excluding hydrogens is 292 g/mol. The van der Waals surface area contributed by atoms with Crippen LogP contribution < -0.4 is 15.8 Å². The third-order valence-electron chi connectivity index (χ3n) is 4.36. The molecular formula is C17H20N4O2. The van der Waals surface area contributed by atoms with Crippen molar-refractivity contribution in [2.45, 2.75) is 32.9 Å². The van der Waals surface area contributed by atoms with Crippen LogP contribution in [0.3, 0.4) is 0 Å². The fourth-order valence-corrected chi connectivity index (χ4v) is 2.94. The second-order valence-electron chi connectivity index (χ2n) is 5.87. The summed E-state index contributed by atoms with van der Waals surface area (Å²) in [4.78, 5) is 33.2. The summed E-state index contributed by atoms with van der Waals surface area (Å²) in [5.41, 5.74) is 1.60. The number of benzene rings is 1. The van der Waals surface area contributed by atoms with Gasteiger partial charge in [0.2, 0.25) is 5.91 Å². The summed E-state index contributed by atoms with van der Waals surface area (Å²) in [7, 11) is 0. The number of hydrogen-bond acceptors (Lipinski definition) is 4. The van der Waals surface area contributed by atoms with E-state index in [1.807, 2.05) is 36.1 Å². The molecule has 0 bridgehead atoms. The van der Waals surface area contributed by atoms with Gasteiger partial charge >= 0.3 is 0 Å². The Kier molecular flexibility index (Phi) is 4.14. The van der Waals surface area contributed by atoms with Crippen LogP contribution in [-0.2, 0) is 11.3 Å². The van der Waals surface area contributed by atoms with Crippen molar-refractivity contribution in [3.8, 4) is 0 Å². The number of aromatic amines is 1. The van der Waals surface area contributed by atoms with Gasteiger partial charge in [-0.3, -0.25) is 9.59 Å². The van der Waals surface area contributed by atoms with Crippen molar-refractivity contribution in [2.75, 3.05) is 10.2 Å². The molecule has 2 N–H and O–H groups in total. The van der Waals surface area contributed by atoms with Crippen LogP contribution in [0.4, 0.5) is 11.5 Å². The van der Waals surface area contributed by atoms with Gasteiger partial charge in [-0.05, 0) is 17.5 Å². The fourth-order valence-electron chi connectivity index (χ4n) is 2.94. The van der Waals surface area contributed by atoms with Gasteiger partial charge in [-0.1, -0.05) is 38.5 Å². The lowest BCUT2D eigenvalue weighted by molar-refractivity contribution is -0.118. The highest BCUT2D eigenvalue weighted by molar-refractivity contribution is 5.98.